The van der Waals surface area contributed by atoms with Crippen LogP contribution in [0.4, 0.5) is 10.1 Å². The molecule has 5 heterocycles. The molecule has 2 N–H and O–H groups in total. The van der Waals surface area contributed by atoms with Gasteiger partial charge in [0.15, 0.2) is 5.78 Å². The fourth-order valence-corrected chi connectivity index (χ4v) is 10.0. The van der Waals surface area contributed by atoms with Crippen molar-refractivity contribution in [3.05, 3.63) is 98.5 Å². The summed E-state index contributed by atoms with van der Waals surface area (Å²) < 4.78 is 15.4. The second kappa shape index (κ2) is 13.8. The van der Waals surface area contributed by atoms with Crippen molar-refractivity contribution >= 4 is 46.4 Å². The second-order valence-corrected chi connectivity index (χ2v) is 16.7. The van der Waals surface area contributed by atoms with Crippen LogP contribution in [0.15, 0.2) is 42.5 Å². The predicted molar refractivity (Wildman–Crippen MR) is 210 cm³/mol. The molecule has 9 rings (SSSR count). The first-order valence-electron chi connectivity index (χ1n) is 20.0. The Labute approximate surface area is 325 Å². The maximum absolute atomic E-state index is 15.4. The number of fused-ring (bicyclic) bond motifs is 5. The molecular formula is C44H47FN6O5. The molecule has 0 radical (unpaired) electrons. The summed E-state index contributed by atoms with van der Waals surface area (Å²) in [7, 11) is 0. The van der Waals surface area contributed by atoms with Crippen LogP contribution in [0, 0.1) is 5.82 Å². The molecule has 1 unspecified atom stereocenters. The fourth-order valence-electron chi connectivity index (χ4n) is 10.0. The molecule has 3 saturated heterocycles. The van der Waals surface area contributed by atoms with Gasteiger partial charge in [-0.05, 0) is 72.2 Å². The van der Waals surface area contributed by atoms with E-state index in [0.717, 1.165) is 98.1 Å². The molecule has 3 fully saturated rings. The third-order valence-electron chi connectivity index (χ3n) is 13.1. The number of aromatic amines is 1. The normalized spacial score (nSPS) is 21.7. The lowest BCUT2D eigenvalue weighted by Crippen LogP contribution is -2.53. The van der Waals surface area contributed by atoms with Gasteiger partial charge in [-0.25, -0.2) is 4.39 Å². The number of ketones is 1. The Morgan fingerprint density at radius 2 is 1.68 bits per heavy atom. The van der Waals surface area contributed by atoms with E-state index < -0.39 is 29.1 Å². The van der Waals surface area contributed by atoms with Crippen LogP contribution in [0.25, 0.3) is 10.9 Å². The minimum absolute atomic E-state index is 0.0337. The maximum Gasteiger partial charge on any atom is 0.258 e. The van der Waals surface area contributed by atoms with Crippen LogP contribution < -0.4 is 10.2 Å². The van der Waals surface area contributed by atoms with E-state index in [1.165, 1.54) is 22.2 Å². The lowest BCUT2D eigenvalue weighted by atomic mass is 9.70. The number of benzene rings is 3. The van der Waals surface area contributed by atoms with Gasteiger partial charge in [0.1, 0.15) is 18.1 Å². The van der Waals surface area contributed by atoms with Crippen molar-refractivity contribution in [2.45, 2.75) is 83.5 Å². The van der Waals surface area contributed by atoms with Crippen LogP contribution in [-0.4, -0.2) is 101 Å². The Morgan fingerprint density at radius 3 is 2.39 bits per heavy atom. The molecule has 56 heavy (non-hydrogen) atoms. The number of anilines is 1. The number of piperidine rings is 2. The molecule has 290 valence electrons. The van der Waals surface area contributed by atoms with Crippen LogP contribution in [-0.2, 0) is 34.5 Å². The Hall–Kier alpha value is -5.20. The summed E-state index contributed by atoms with van der Waals surface area (Å²) in [6, 6.07) is 12.9. The van der Waals surface area contributed by atoms with Gasteiger partial charge >= 0.3 is 0 Å². The number of aryl methyl sites for hydroxylation is 1. The number of imide groups is 1. The van der Waals surface area contributed by atoms with E-state index in [2.05, 4.69) is 57.9 Å². The smallest absolute Gasteiger partial charge is 0.258 e. The molecule has 0 saturated carbocycles. The molecule has 4 aromatic rings. The number of nitrogens with one attached hydrogen (secondary N) is 2. The molecule has 3 aromatic carbocycles. The third kappa shape index (κ3) is 5.96. The van der Waals surface area contributed by atoms with Crippen LogP contribution in [0.3, 0.4) is 0 Å². The number of carbonyl (C=O) groups excluding carboxylic acids is 5. The number of piperazine rings is 1. The first-order valence-corrected chi connectivity index (χ1v) is 20.0. The van der Waals surface area contributed by atoms with Crippen molar-refractivity contribution < 1.29 is 28.4 Å². The number of amides is 3. The summed E-state index contributed by atoms with van der Waals surface area (Å²) in [5.41, 5.74) is 8.19. The van der Waals surface area contributed by atoms with Crippen LogP contribution in [0.2, 0.25) is 0 Å². The first kappa shape index (κ1) is 36.4. The molecule has 0 spiro atoms. The van der Waals surface area contributed by atoms with Crippen molar-refractivity contribution in [1.82, 2.24) is 25.0 Å². The lowest BCUT2D eigenvalue weighted by molar-refractivity contribution is -0.136. The van der Waals surface area contributed by atoms with Crippen LogP contribution >= 0.6 is 0 Å². The van der Waals surface area contributed by atoms with Gasteiger partial charge in [0.25, 0.3) is 5.91 Å². The molecule has 0 bridgehead atoms. The quantitative estimate of drug-likeness (QED) is 0.197. The number of H-pyrrole nitrogens is 1. The van der Waals surface area contributed by atoms with E-state index >= 15 is 4.39 Å². The van der Waals surface area contributed by atoms with Gasteiger partial charge in [0, 0.05) is 104 Å². The first-order chi connectivity index (χ1) is 26.9. The minimum atomic E-state index is -0.769. The molecule has 1 aromatic heterocycles. The molecule has 1 aliphatic carbocycles. The molecular weight excluding hydrogens is 712 g/mol. The van der Waals surface area contributed by atoms with E-state index in [9.17, 15) is 24.0 Å². The number of nitrogens with zero attached hydrogens (tertiary/aromatic N) is 4. The SMILES string of the molecule is CCc1cc2c(cc1N1CCC(N3CCN(Cc4cc(F)c5c(c4)CN(C4CCC(=O)NC4=O)C5=O)CC3)CC1)C(C)(C)c1[nH]c3cc(C=O)ccc3c1C2=O. The zero-order valence-corrected chi connectivity index (χ0v) is 32.2. The predicted octanol–water partition coefficient (Wildman–Crippen LogP) is 5.10. The Balaban J connectivity index is 0.838. The highest BCUT2D eigenvalue weighted by molar-refractivity contribution is 6.20. The number of hydrogen-bond acceptors (Lipinski definition) is 8. The number of rotatable bonds is 7. The van der Waals surface area contributed by atoms with E-state index in [1.807, 2.05) is 18.2 Å². The summed E-state index contributed by atoms with van der Waals surface area (Å²) in [5.74, 6) is -1.86. The van der Waals surface area contributed by atoms with E-state index in [0.29, 0.717) is 29.3 Å². The average molecular weight is 759 g/mol. The van der Waals surface area contributed by atoms with Gasteiger partial charge in [-0.3, -0.25) is 39.1 Å². The number of aldehydes is 1. The topological polar surface area (TPSA) is 126 Å². The highest BCUT2D eigenvalue weighted by Crippen LogP contribution is 2.46. The third-order valence-corrected chi connectivity index (χ3v) is 13.1. The highest BCUT2D eigenvalue weighted by atomic mass is 19.1. The monoisotopic (exact) mass is 758 g/mol. The standard InChI is InChI=1S/C44H47FN6O5/c1-4-27-20-31-32(44(2,3)41-39(40(31)54)30-6-5-25(24-52)19-34(30)46-41)21-36(27)50-11-9-29(10-12-50)49-15-13-48(14-16-49)22-26-17-28-23-51(43(56)38(28)33(45)18-26)35-7-8-37(53)47-42(35)55/h5-6,17-21,24,29,35,46H,4,7-16,22-23H2,1-3H3,(H,47,53,55). The van der Waals surface area contributed by atoms with Crippen molar-refractivity contribution in [3.8, 4) is 0 Å². The molecule has 12 heteroatoms. The largest absolute Gasteiger partial charge is 0.371 e. The number of halogens is 1. The molecule has 11 nitrogen and oxygen atoms in total. The van der Waals surface area contributed by atoms with E-state index in [4.69, 9.17) is 0 Å². The van der Waals surface area contributed by atoms with Gasteiger partial charge in [-0.2, -0.15) is 0 Å². The second-order valence-electron chi connectivity index (χ2n) is 16.7. The number of carbonyl (C=O) groups is 5. The molecule has 1 atom stereocenters. The Kier molecular flexibility index (Phi) is 8.96. The van der Waals surface area contributed by atoms with Crippen LogP contribution in [0.1, 0.15) is 111 Å². The summed E-state index contributed by atoms with van der Waals surface area (Å²) in [4.78, 5) is 75.1. The van der Waals surface area contributed by atoms with Crippen molar-refractivity contribution in [2.24, 2.45) is 0 Å². The van der Waals surface area contributed by atoms with Gasteiger partial charge in [0.05, 0.1) is 11.1 Å². The number of aromatic nitrogens is 1. The average Bonchev–Trinajstić information content (AvgIpc) is 3.75. The number of hydrogen-bond donors (Lipinski definition) is 2. The van der Waals surface area contributed by atoms with Crippen molar-refractivity contribution in [2.75, 3.05) is 44.2 Å². The van der Waals surface area contributed by atoms with Crippen molar-refractivity contribution in [1.29, 1.82) is 0 Å². The van der Waals surface area contributed by atoms with Gasteiger partial charge in [0.2, 0.25) is 11.8 Å². The Morgan fingerprint density at radius 1 is 0.911 bits per heavy atom. The van der Waals surface area contributed by atoms with Gasteiger partial charge in [-0.1, -0.05) is 39.0 Å². The van der Waals surface area contributed by atoms with Gasteiger partial charge in [-0.15, -0.1) is 0 Å². The summed E-state index contributed by atoms with van der Waals surface area (Å²) in [6.45, 7) is 12.7. The Bertz CT molecular complexity index is 2330. The van der Waals surface area contributed by atoms with Crippen molar-refractivity contribution in [3.63, 3.8) is 0 Å². The summed E-state index contributed by atoms with van der Waals surface area (Å²) >= 11 is 0. The van der Waals surface area contributed by atoms with E-state index in [-0.39, 0.29) is 36.6 Å². The molecule has 4 aliphatic heterocycles. The molecule has 5 aliphatic rings. The van der Waals surface area contributed by atoms with E-state index in [1.54, 1.807) is 6.07 Å². The summed E-state index contributed by atoms with van der Waals surface area (Å²) in [6.07, 6.45) is 4.15. The zero-order valence-electron chi connectivity index (χ0n) is 32.2. The van der Waals surface area contributed by atoms with Gasteiger partial charge < -0.3 is 14.8 Å². The highest BCUT2D eigenvalue weighted by Gasteiger charge is 2.42. The van der Waals surface area contributed by atoms with Crippen LogP contribution in [0.5, 0.6) is 0 Å². The fraction of sp³-hybridized carbons (Fsp3) is 0.432. The zero-order chi connectivity index (χ0) is 39.0. The summed E-state index contributed by atoms with van der Waals surface area (Å²) in [5, 5.41) is 3.16. The minimum Gasteiger partial charge on any atom is -0.371 e. The lowest BCUT2D eigenvalue weighted by Gasteiger charge is -2.44. The molecule has 3 amide bonds. The maximum atomic E-state index is 15.4.